The predicted octanol–water partition coefficient (Wildman–Crippen LogP) is 0.386. The molecule has 0 unspecified atom stereocenters. The van der Waals surface area contributed by atoms with Gasteiger partial charge in [0.05, 0.1) is 0 Å². The molecule has 2 amide bonds. The third kappa shape index (κ3) is 2.15. The van der Waals surface area contributed by atoms with Crippen LogP contribution in [-0.2, 0) is 14.3 Å². The Balaban J connectivity index is 2.56. The van der Waals surface area contributed by atoms with Crippen LogP contribution in [0, 0.1) is 0 Å². The maximum atomic E-state index is 11.2. The molecule has 0 aliphatic carbocycles. The Bertz CT molecular complexity index is 268. The molecular formula is C9H13NO3. The van der Waals surface area contributed by atoms with Gasteiger partial charge in [0, 0.05) is 24.9 Å². The second-order valence-electron chi connectivity index (χ2n) is 2.98. The number of ether oxygens (including phenoxy) is 1. The molecule has 1 rings (SSSR count). The number of imide groups is 1. The van der Waals surface area contributed by atoms with Crippen LogP contribution in [0.15, 0.2) is 11.1 Å². The van der Waals surface area contributed by atoms with Gasteiger partial charge in [-0.25, -0.2) is 0 Å². The van der Waals surface area contributed by atoms with E-state index in [-0.39, 0.29) is 11.8 Å². The van der Waals surface area contributed by atoms with Crippen molar-refractivity contribution in [2.75, 3.05) is 13.7 Å². The van der Waals surface area contributed by atoms with E-state index < -0.39 is 0 Å². The number of hydrogen-bond donors (Lipinski definition) is 1. The summed E-state index contributed by atoms with van der Waals surface area (Å²) in [6, 6.07) is 0. The Kier molecular flexibility index (Phi) is 3.19. The van der Waals surface area contributed by atoms with Crippen LogP contribution >= 0.6 is 0 Å². The minimum atomic E-state index is -0.266. The maximum Gasteiger partial charge on any atom is 0.254 e. The molecule has 0 radical (unpaired) electrons. The summed E-state index contributed by atoms with van der Waals surface area (Å²) in [6.07, 6.45) is 1.38. The Morgan fingerprint density at radius 3 is 2.46 bits per heavy atom. The second-order valence-corrected chi connectivity index (χ2v) is 2.98. The van der Waals surface area contributed by atoms with E-state index in [1.807, 2.05) is 0 Å². The van der Waals surface area contributed by atoms with Crippen molar-refractivity contribution in [1.82, 2.24) is 5.32 Å². The lowest BCUT2D eigenvalue weighted by molar-refractivity contribution is -0.124. The van der Waals surface area contributed by atoms with Gasteiger partial charge in [0.15, 0.2) is 0 Å². The highest BCUT2D eigenvalue weighted by molar-refractivity contribution is 6.19. The highest BCUT2D eigenvalue weighted by Crippen LogP contribution is 2.16. The van der Waals surface area contributed by atoms with Gasteiger partial charge < -0.3 is 4.74 Å². The van der Waals surface area contributed by atoms with Crippen LogP contribution < -0.4 is 5.32 Å². The third-order valence-corrected chi connectivity index (χ3v) is 2.07. The fraction of sp³-hybridized carbons (Fsp3) is 0.556. The van der Waals surface area contributed by atoms with Crippen LogP contribution in [0.2, 0.25) is 0 Å². The zero-order chi connectivity index (χ0) is 9.84. The number of nitrogens with one attached hydrogen (secondary N) is 1. The molecule has 0 spiro atoms. The molecule has 1 N–H and O–H groups in total. The van der Waals surface area contributed by atoms with Crippen molar-refractivity contribution >= 4 is 11.8 Å². The number of carbonyl (C=O) groups is 2. The van der Waals surface area contributed by atoms with Crippen LogP contribution in [0.25, 0.3) is 0 Å². The van der Waals surface area contributed by atoms with Gasteiger partial charge in [-0.15, -0.1) is 0 Å². The summed E-state index contributed by atoms with van der Waals surface area (Å²) in [6.45, 7) is 2.28. The first-order valence-electron chi connectivity index (χ1n) is 4.21. The highest BCUT2D eigenvalue weighted by atomic mass is 16.5. The first-order valence-corrected chi connectivity index (χ1v) is 4.21. The largest absolute Gasteiger partial charge is 0.385 e. The number of methoxy groups -OCH3 is 1. The summed E-state index contributed by atoms with van der Waals surface area (Å²) in [5.41, 5.74) is 1.14. The number of carbonyl (C=O) groups excluding carboxylic acids is 2. The van der Waals surface area contributed by atoms with Gasteiger partial charge in [0.2, 0.25) is 0 Å². The van der Waals surface area contributed by atoms with Crippen molar-refractivity contribution < 1.29 is 14.3 Å². The average Bonchev–Trinajstić information content (AvgIpc) is 2.32. The molecule has 0 aromatic rings. The second kappa shape index (κ2) is 4.18. The van der Waals surface area contributed by atoms with Crippen molar-refractivity contribution in [2.45, 2.75) is 19.8 Å². The molecule has 0 saturated heterocycles. The molecule has 1 aliphatic heterocycles. The average molecular weight is 183 g/mol. The summed E-state index contributed by atoms with van der Waals surface area (Å²) in [7, 11) is 1.61. The Morgan fingerprint density at radius 1 is 1.31 bits per heavy atom. The zero-order valence-corrected chi connectivity index (χ0v) is 7.85. The van der Waals surface area contributed by atoms with Gasteiger partial charge in [0.1, 0.15) is 0 Å². The van der Waals surface area contributed by atoms with Gasteiger partial charge in [-0.3, -0.25) is 14.9 Å². The minimum absolute atomic E-state index is 0.251. The maximum absolute atomic E-state index is 11.2. The first kappa shape index (κ1) is 9.92. The molecule has 0 atom stereocenters. The normalized spacial score (nSPS) is 16.8. The lowest BCUT2D eigenvalue weighted by atomic mass is 10.1. The number of hydrogen-bond acceptors (Lipinski definition) is 3. The van der Waals surface area contributed by atoms with E-state index >= 15 is 0 Å². The molecule has 4 nitrogen and oxygen atoms in total. The molecule has 0 aromatic carbocycles. The van der Waals surface area contributed by atoms with Gasteiger partial charge in [-0.1, -0.05) is 0 Å². The molecule has 13 heavy (non-hydrogen) atoms. The summed E-state index contributed by atoms with van der Waals surface area (Å²) in [5.74, 6) is -0.518. The summed E-state index contributed by atoms with van der Waals surface area (Å²) < 4.78 is 4.86. The molecule has 0 fully saturated rings. The van der Waals surface area contributed by atoms with E-state index in [0.29, 0.717) is 24.2 Å². The SMILES string of the molecule is COCCCC1=C(C)C(=O)NC1=O. The molecule has 72 valence electrons. The Morgan fingerprint density at radius 2 is 2.00 bits per heavy atom. The number of rotatable bonds is 4. The van der Waals surface area contributed by atoms with Crippen LogP contribution in [0.5, 0.6) is 0 Å². The van der Waals surface area contributed by atoms with E-state index in [2.05, 4.69) is 5.32 Å². The smallest absolute Gasteiger partial charge is 0.254 e. The molecule has 0 aromatic heterocycles. The fourth-order valence-electron chi connectivity index (χ4n) is 1.27. The van der Waals surface area contributed by atoms with E-state index in [4.69, 9.17) is 4.74 Å². The molecule has 4 heteroatoms. The number of amides is 2. The predicted molar refractivity (Wildman–Crippen MR) is 47.0 cm³/mol. The molecular weight excluding hydrogens is 170 g/mol. The van der Waals surface area contributed by atoms with Gasteiger partial charge in [-0.2, -0.15) is 0 Å². The molecule has 1 aliphatic rings. The van der Waals surface area contributed by atoms with Crippen molar-refractivity contribution in [1.29, 1.82) is 0 Å². The fourth-order valence-corrected chi connectivity index (χ4v) is 1.27. The Hall–Kier alpha value is -1.16. The van der Waals surface area contributed by atoms with Gasteiger partial charge >= 0.3 is 0 Å². The van der Waals surface area contributed by atoms with Crippen LogP contribution in [0.1, 0.15) is 19.8 Å². The van der Waals surface area contributed by atoms with Crippen LogP contribution in [0.3, 0.4) is 0 Å². The quantitative estimate of drug-likeness (QED) is 0.506. The van der Waals surface area contributed by atoms with E-state index in [1.165, 1.54) is 0 Å². The van der Waals surface area contributed by atoms with Crippen molar-refractivity contribution in [3.05, 3.63) is 11.1 Å². The standard InChI is InChI=1S/C9H13NO3/c1-6-7(4-3-5-13-2)9(12)10-8(6)11/h3-5H2,1-2H3,(H,10,11,12). The lowest BCUT2D eigenvalue weighted by Crippen LogP contribution is -2.22. The zero-order valence-electron chi connectivity index (χ0n) is 7.85. The van der Waals surface area contributed by atoms with Gasteiger partial charge in [0.25, 0.3) is 11.8 Å². The Labute approximate surface area is 76.9 Å². The van der Waals surface area contributed by atoms with E-state index in [9.17, 15) is 9.59 Å². The van der Waals surface area contributed by atoms with Crippen molar-refractivity contribution in [3.8, 4) is 0 Å². The lowest BCUT2D eigenvalue weighted by Gasteiger charge is -1.99. The monoisotopic (exact) mass is 183 g/mol. The highest BCUT2D eigenvalue weighted by Gasteiger charge is 2.25. The van der Waals surface area contributed by atoms with E-state index in [0.717, 1.165) is 6.42 Å². The van der Waals surface area contributed by atoms with E-state index in [1.54, 1.807) is 14.0 Å². The topological polar surface area (TPSA) is 55.4 Å². The summed E-state index contributed by atoms with van der Waals surface area (Å²) in [4.78, 5) is 22.2. The summed E-state index contributed by atoms with van der Waals surface area (Å²) in [5, 5.41) is 2.25. The molecule has 0 saturated carbocycles. The first-order chi connectivity index (χ1) is 6.16. The van der Waals surface area contributed by atoms with Crippen LogP contribution in [-0.4, -0.2) is 25.5 Å². The van der Waals surface area contributed by atoms with Crippen LogP contribution in [0.4, 0.5) is 0 Å². The summed E-state index contributed by atoms with van der Waals surface area (Å²) >= 11 is 0. The van der Waals surface area contributed by atoms with Crippen molar-refractivity contribution in [2.24, 2.45) is 0 Å². The minimum Gasteiger partial charge on any atom is -0.385 e. The van der Waals surface area contributed by atoms with Gasteiger partial charge in [-0.05, 0) is 19.8 Å². The molecule has 0 bridgehead atoms. The molecule has 1 heterocycles. The van der Waals surface area contributed by atoms with Crippen molar-refractivity contribution in [3.63, 3.8) is 0 Å². The third-order valence-electron chi connectivity index (χ3n) is 2.07.